The van der Waals surface area contributed by atoms with Gasteiger partial charge in [-0.1, -0.05) is 12.1 Å². The van der Waals surface area contributed by atoms with E-state index < -0.39 is 28.7 Å². The summed E-state index contributed by atoms with van der Waals surface area (Å²) < 4.78 is 62.0. The Balaban J connectivity index is 2.56. The van der Waals surface area contributed by atoms with Crippen LogP contribution in [0.1, 0.15) is 37.9 Å². The van der Waals surface area contributed by atoms with Gasteiger partial charge in [-0.05, 0) is 37.5 Å². The van der Waals surface area contributed by atoms with Crippen molar-refractivity contribution in [2.75, 3.05) is 6.54 Å². The van der Waals surface area contributed by atoms with Crippen molar-refractivity contribution in [1.29, 1.82) is 0 Å². The van der Waals surface area contributed by atoms with Crippen LogP contribution in [0.3, 0.4) is 0 Å². The molecule has 8 heteroatoms. The molecule has 120 valence electrons. The summed E-state index contributed by atoms with van der Waals surface area (Å²) in [6.45, 7) is 1.45. The Labute approximate surface area is 122 Å². The molecule has 1 atom stereocenters. The largest absolute Gasteiger partial charge is 0.389 e. The first kappa shape index (κ1) is 17.9. The molecule has 0 radical (unpaired) electrons. The molecule has 0 spiro atoms. The van der Waals surface area contributed by atoms with Crippen LogP contribution < -0.4 is 4.72 Å². The highest BCUT2D eigenvalue weighted by atomic mass is 32.2. The molecule has 0 amide bonds. The number of hydrogen-bond donors (Lipinski definition) is 2. The molecule has 0 saturated heterocycles. The normalized spacial score (nSPS) is 14.1. The Kier molecular flexibility index (Phi) is 6.18. The minimum Gasteiger partial charge on any atom is -0.389 e. The average molecular weight is 325 g/mol. The standard InChI is InChI=1S/C13H18F3NO3S/c1-10(18)11-5-4-6-12(9-11)21(19,20)17-8-3-2-7-13(14,15)16/h4-6,9-10,17-18H,2-3,7-8H2,1H3. The van der Waals surface area contributed by atoms with Crippen LogP contribution in [0, 0.1) is 0 Å². The molecule has 21 heavy (non-hydrogen) atoms. The first-order chi connectivity index (χ1) is 9.62. The smallest absolute Gasteiger partial charge is 0.389 e. The van der Waals surface area contributed by atoms with E-state index in [2.05, 4.69) is 4.72 Å². The summed E-state index contributed by atoms with van der Waals surface area (Å²) in [6, 6.07) is 5.79. The highest BCUT2D eigenvalue weighted by molar-refractivity contribution is 7.89. The maximum absolute atomic E-state index is 12.0. The van der Waals surface area contributed by atoms with Crippen molar-refractivity contribution in [3.05, 3.63) is 29.8 Å². The first-order valence-corrected chi connectivity index (χ1v) is 7.94. The second-order valence-corrected chi connectivity index (χ2v) is 6.49. The van der Waals surface area contributed by atoms with E-state index in [4.69, 9.17) is 0 Å². The quantitative estimate of drug-likeness (QED) is 0.758. The van der Waals surface area contributed by atoms with Gasteiger partial charge in [-0.25, -0.2) is 13.1 Å². The summed E-state index contributed by atoms with van der Waals surface area (Å²) in [7, 11) is -3.77. The van der Waals surface area contributed by atoms with Gasteiger partial charge in [0.1, 0.15) is 0 Å². The molecular formula is C13H18F3NO3S. The van der Waals surface area contributed by atoms with Crippen LogP contribution in [0.2, 0.25) is 0 Å². The van der Waals surface area contributed by atoms with Crippen molar-refractivity contribution in [2.24, 2.45) is 0 Å². The van der Waals surface area contributed by atoms with Crippen LogP contribution in [-0.2, 0) is 10.0 Å². The molecule has 2 N–H and O–H groups in total. The van der Waals surface area contributed by atoms with E-state index in [1.807, 2.05) is 0 Å². The molecule has 0 bridgehead atoms. The Bertz CT molecular complexity index is 556. The van der Waals surface area contributed by atoms with Gasteiger partial charge in [0.15, 0.2) is 0 Å². The van der Waals surface area contributed by atoms with Crippen molar-refractivity contribution in [2.45, 2.75) is 43.4 Å². The van der Waals surface area contributed by atoms with Crippen molar-refractivity contribution < 1.29 is 26.7 Å². The van der Waals surface area contributed by atoms with Gasteiger partial charge in [-0.15, -0.1) is 0 Å². The fraction of sp³-hybridized carbons (Fsp3) is 0.538. The third kappa shape index (κ3) is 6.45. The maximum atomic E-state index is 12.0. The summed E-state index contributed by atoms with van der Waals surface area (Å²) in [5, 5.41) is 9.41. The van der Waals surface area contributed by atoms with Crippen molar-refractivity contribution in [3.63, 3.8) is 0 Å². The van der Waals surface area contributed by atoms with Gasteiger partial charge < -0.3 is 5.11 Å². The van der Waals surface area contributed by atoms with Gasteiger partial charge in [0, 0.05) is 13.0 Å². The molecule has 1 aromatic rings. The lowest BCUT2D eigenvalue weighted by Gasteiger charge is -2.10. The molecule has 0 aliphatic rings. The summed E-state index contributed by atoms with van der Waals surface area (Å²) in [4.78, 5) is -0.0169. The van der Waals surface area contributed by atoms with Gasteiger partial charge in [-0.2, -0.15) is 13.2 Å². The van der Waals surface area contributed by atoms with Gasteiger partial charge in [0.2, 0.25) is 10.0 Å². The van der Waals surface area contributed by atoms with Crippen LogP contribution in [0.25, 0.3) is 0 Å². The third-order valence-corrected chi connectivity index (χ3v) is 4.29. The van der Waals surface area contributed by atoms with Gasteiger partial charge in [0.25, 0.3) is 0 Å². The van der Waals surface area contributed by atoms with Crippen molar-refractivity contribution in [3.8, 4) is 0 Å². The fourth-order valence-corrected chi connectivity index (χ4v) is 2.81. The molecule has 1 aromatic carbocycles. The summed E-state index contributed by atoms with van der Waals surface area (Å²) in [6.07, 6.45) is -5.96. The van der Waals surface area contributed by atoms with E-state index >= 15 is 0 Å². The Morgan fingerprint density at radius 3 is 2.52 bits per heavy atom. The SMILES string of the molecule is CC(O)c1cccc(S(=O)(=O)NCCCCC(F)(F)F)c1. The van der Waals surface area contributed by atoms with Gasteiger partial charge in [0.05, 0.1) is 11.0 Å². The minimum atomic E-state index is -4.22. The predicted molar refractivity (Wildman–Crippen MR) is 72.2 cm³/mol. The number of aliphatic hydroxyl groups excluding tert-OH is 1. The number of benzene rings is 1. The minimum absolute atomic E-state index is 0.0169. The van der Waals surface area contributed by atoms with E-state index in [0.29, 0.717) is 5.56 Å². The Hall–Kier alpha value is -1.12. The molecule has 0 saturated carbocycles. The van der Waals surface area contributed by atoms with Crippen LogP contribution in [-0.4, -0.2) is 26.2 Å². The van der Waals surface area contributed by atoms with E-state index in [0.717, 1.165) is 0 Å². The number of aliphatic hydroxyl groups is 1. The van der Waals surface area contributed by atoms with E-state index in [1.54, 1.807) is 6.07 Å². The second-order valence-electron chi connectivity index (χ2n) is 4.72. The highest BCUT2D eigenvalue weighted by Crippen LogP contribution is 2.22. The molecule has 1 rings (SSSR count). The van der Waals surface area contributed by atoms with Crippen LogP contribution >= 0.6 is 0 Å². The maximum Gasteiger partial charge on any atom is 0.389 e. The third-order valence-electron chi connectivity index (χ3n) is 2.83. The number of sulfonamides is 1. The summed E-state index contributed by atoms with van der Waals surface area (Å²) in [5.41, 5.74) is 0.454. The molecule has 0 aliphatic heterocycles. The lowest BCUT2D eigenvalue weighted by atomic mass is 10.1. The zero-order chi connectivity index (χ0) is 16.1. The molecule has 0 heterocycles. The second kappa shape index (κ2) is 7.24. The number of nitrogens with one attached hydrogen (secondary N) is 1. The average Bonchev–Trinajstić information content (AvgIpc) is 2.37. The number of rotatable bonds is 7. The summed E-state index contributed by atoms with van der Waals surface area (Å²) in [5.74, 6) is 0. The monoisotopic (exact) mass is 325 g/mol. The lowest BCUT2D eigenvalue weighted by molar-refractivity contribution is -0.135. The van der Waals surface area contributed by atoms with E-state index in [9.17, 15) is 26.7 Å². The van der Waals surface area contributed by atoms with E-state index in [1.165, 1.54) is 25.1 Å². The Morgan fingerprint density at radius 2 is 1.95 bits per heavy atom. The zero-order valence-electron chi connectivity index (χ0n) is 11.5. The fourth-order valence-electron chi connectivity index (χ4n) is 1.68. The van der Waals surface area contributed by atoms with Crippen LogP contribution in [0.4, 0.5) is 13.2 Å². The molecule has 0 fully saturated rings. The number of alkyl halides is 3. The van der Waals surface area contributed by atoms with Crippen LogP contribution in [0.5, 0.6) is 0 Å². The van der Waals surface area contributed by atoms with Crippen LogP contribution in [0.15, 0.2) is 29.2 Å². The number of unbranched alkanes of at least 4 members (excludes halogenated alkanes) is 1. The molecule has 1 unspecified atom stereocenters. The topological polar surface area (TPSA) is 66.4 Å². The molecule has 0 aliphatic carbocycles. The summed E-state index contributed by atoms with van der Waals surface area (Å²) >= 11 is 0. The first-order valence-electron chi connectivity index (χ1n) is 6.46. The number of halogens is 3. The highest BCUT2D eigenvalue weighted by Gasteiger charge is 2.26. The lowest BCUT2D eigenvalue weighted by Crippen LogP contribution is -2.25. The number of hydrogen-bond acceptors (Lipinski definition) is 3. The Morgan fingerprint density at radius 1 is 1.29 bits per heavy atom. The zero-order valence-corrected chi connectivity index (χ0v) is 12.3. The van der Waals surface area contributed by atoms with Gasteiger partial charge >= 0.3 is 6.18 Å². The molecular weight excluding hydrogens is 307 g/mol. The molecule has 4 nitrogen and oxygen atoms in total. The predicted octanol–water partition coefficient (Wildman–Crippen LogP) is 2.75. The van der Waals surface area contributed by atoms with Gasteiger partial charge in [-0.3, -0.25) is 0 Å². The van der Waals surface area contributed by atoms with E-state index in [-0.39, 0.29) is 24.3 Å². The van der Waals surface area contributed by atoms with Crippen molar-refractivity contribution >= 4 is 10.0 Å². The molecule has 0 aromatic heterocycles. The van der Waals surface area contributed by atoms with Crippen molar-refractivity contribution in [1.82, 2.24) is 4.72 Å².